The Hall–Kier alpha value is -2.49. The van der Waals surface area contributed by atoms with Gasteiger partial charge in [0.25, 0.3) is 5.92 Å². The zero-order chi connectivity index (χ0) is 27.5. The van der Waals surface area contributed by atoms with E-state index < -0.39 is 11.9 Å². The number of amides is 1. The minimum absolute atomic E-state index is 0.132. The van der Waals surface area contributed by atoms with Crippen LogP contribution in [0, 0.1) is 5.92 Å². The molecule has 214 valence electrons. The molecule has 10 heteroatoms. The van der Waals surface area contributed by atoms with Gasteiger partial charge in [0.15, 0.2) is 5.69 Å². The number of carboxylic acids is 1. The lowest BCUT2D eigenvalue weighted by molar-refractivity contribution is -0.126. The Morgan fingerprint density at radius 1 is 1.13 bits per heavy atom. The Kier molecular flexibility index (Phi) is 11.6. The zero-order valence-corrected chi connectivity index (χ0v) is 22.9. The van der Waals surface area contributed by atoms with Gasteiger partial charge in [-0.05, 0) is 43.9 Å². The first-order valence-corrected chi connectivity index (χ1v) is 14.2. The second-order valence-electron chi connectivity index (χ2n) is 10.9. The third kappa shape index (κ3) is 10.0. The number of rotatable bonds is 15. The summed E-state index contributed by atoms with van der Waals surface area (Å²) in [6, 6.07) is 3.18. The van der Waals surface area contributed by atoms with Crippen molar-refractivity contribution >= 4 is 17.6 Å². The molecule has 38 heavy (non-hydrogen) atoms. The van der Waals surface area contributed by atoms with Crippen LogP contribution in [0.2, 0.25) is 0 Å². The molecule has 3 heterocycles. The highest BCUT2D eigenvalue weighted by atomic mass is 19.3. The van der Waals surface area contributed by atoms with Crippen molar-refractivity contribution in [1.82, 2.24) is 15.2 Å². The standard InChI is InChI=1S/C15H30N2O.C13H14F2N2O3/c1-3-4-5-6-7-8-9-10-11-16-14-12-15(18)17(2)13-14;14-13(15)6-17(7-13)10-4-3-9(12(18)19)16-11(10)20-5-8-1-2-8/h14,16H,3-13H2,1-2H3;3-4,8H,1-2,5-7H2,(H,18,19). The van der Waals surface area contributed by atoms with Gasteiger partial charge in [-0.3, -0.25) is 4.79 Å². The van der Waals surface area contributed by atoms with Gasteiger partial charge in [-0.2, -0.15) is 0 Å². The average Bonchev–Trinajstić information content (AvgIpc) is 3.64. The van der Waals surface area contributed by atoms with Crippen LogP contribution in [0.3, 0.4) is 0 Å². The Balaban J connectivity index is 0.000000212. The summed E-state index contributed by atoms with van der Waals surface area (Å²) in [4.78, 5) is 29.4. The molecule has 3 fully saturated rings. The number of unbranched alkanes of at least 4 members (excludes halogenated alkanes) is 7. The molecule has 1 saturated carbocycles. The van der Waals surface area contributed by atoms with Crippen LogP contribution >= 0.6 is 0 Å². The molecule has 3 aliphatic rings. The van der Waals surface area contributed by atoms with Crippen LogP contribution in [-0.4, -0.2) is 78.7 Å². The minimum Gasteiger partial charge on any atom is -0.477 e. The molecule has 1 aliphatic carbocycles. The summed E-state index contributed by atoms with van der Waals surface area (Å²) in [5, 5.41) is 12.4. The Morgan fingerprint density at radius 3 is 2.34 bits per heavy atom. The molecular formula is C28H44F2N4O4. The highest BCUT2D eigenvalue weighted by Crippen LogP contribution is 2.37. The number of likely N-dealkylation sites (tertiary alicyclic amines) is 1. The van der Waals surface area contributed by atoms with Gasteiger partial charge in [0, 0.05) is 26.1 Å². The number of ether oxygens (including phenoxy) is 1. The lowest BCUT2D eigenvalue weighted by atomic mass is 10.1. The number of carbonyl (C=O) groups excluding carboxylic acids is 1. The highest BCUT2D eigenvalue weighted by Gasteiger charge is 2.45. The fourth-order valence-corrected chi connectivity index (χ4v) is 4.63. The predicted octanol–water partition coefficient (Wildman–Crippen LogP) is 4.97. The number of carbonyl (C=O) groups is 2. The molecule has 0 radical (unpaired) electrons. The van der Waals surface area contributed by atoms with E-state index >= 15 is 0 Å². The van der Waals surface area contributed by atoms with Gasteiger partial charge in [0.2, 0.25) is 11.8 Å². The number of halogens is 2. The van der Waals surface area contributed by atoms with E-state index in [2.05, 4.69) is 17.2 Å². The third-order valence-electron chi connectivity index (χ3n) is 7.20. The van der Waals surface area contributed by atoms with Crippen molar-refractivity contribution in [3.05, 3.63) is 17.8 Å². The van der Waals surface area contributed by atoms with Crippen LogP contribution < -0.4 is 15.0 Å². The number of alkyl halides is 2. The molecule has 1 unspecified atom stereocenters. The number of hydrogen-bond acceptors (Lipinski definition) is 6. The number of aromatic carboxylic acids is 1. The van der Waals surface area contributed by atoms with Gasteiger partial charge in [0.1, 0.15) is 5.69 Å². The van der Waals surface area contributed by atoms with Crippen molar-refractivity contribution in [2.45, 2.75) is 89.5 Å². The van der Waals surface area contributed by atoms with Crippen LogP contribution in [0.1, 0.15) is 88.0 Å². The molecule has 2 saturated heterocycles. The number of nitrogens with zero attached hydrogens (tertiary/aromatic N) is 3. The van der Waals surface area contributed by atoms with E-state index in [1.54, 1.807) is 0 Å². The van der Waals surface area contributed by atoms with Crippen molar-refractivity contribution in [2.24, 2.45) is 5.92 Å². The van der Waals surface area contributed by atoms with E-state index in [-0.39, 0.29) is 30.6 Å². The summed E-state index contributed by atoms with van der Waals surface area (Å²) in [6.45, 7) is 3.89. The quantitative estimate of drug-likeness (QED) is 0.305. The van der Waals surface area contributed by atoms with Crippen molar-refractivity contribution in [1.29, 1.82) is 0 Å². The van der Waals surface area contributed by atoms with Crippen LogP contribution in [0.25, 0.3) is 0 Å². The first-order chi connectivity index (χ1) is 18.2. The molecule has 4 rings (SSSR count). The first-order valence-electron chi connectivity index (χ1n) is 14.2. The second kappa shape index (κ2) is 14.6. The lowest BCUT2D eigenvalue weighted by Crippen LogP contribution is -2.56. The largest absolute Gasteiger partial charge is 0.477 e. The van der Waals surface area contributed by atoms with Gasteiger partial charge in [0.05, 0.1) is 19.7 Å². The Labute approximate surface area is 225 Å². The van der Waals surface area contributed by atoms with Crippen LogP contribution in [0.15, 0.2) is 12.1 Å². The van der Waals surface area contributed by atoms with E-state index in [0.717, 1.165) is 25.9 Å². The maximum absolute atomic E-state index is 12.9. The molecule has 0 bridgehead atoms. The molecule has 0 aromatic carbocycles. The number of carboxylic acid groups (broad SMARTS) is 1. The third-order valence-corrected chi connectivity index (χ3v) is 7.20. The number of likely N-dealkylation sites (N-methyl/N-ethyl adjacent to an activating group) is 1. The normalized spacial score (nSPS) is 20.1. The predicted molar refractivity (Wildman–Crippen MR) is 143 cm³/mol. The van der Waals surface area contributed by atoms with Crippen molar-refractivity contribution in [3.8, 4) is 5.88 Å². The average molecular weight is 539 g/mol. The molecule has 8 nitrogen and oxygen atoms in total. The topological polar surface area (TPSA) is 95.0 Å². The molecule has 2 aliphatic heterocycles. The number of anilines is 1. The fourth-order valence-electron chi connectivity index (χ4n) is 4.63. The summed E-state index contributed by atoms with van der Waals surface area (Å²) < 4.78 is 31.4. The molecular weight excluding hydrogens is 494 g/mol. The van der Waals surface area contributed by atoms with Crippen molar-refractivity contribution in [3.63, 3.8) is 0 Å². The zero-order valence-electron chi connectivity index (χ0n) is 22.9. The summed E-state index contributed by atoms with van der Waals surface area (Å²) in [6.07, 6.45) is 13.7. The molecule has 1 amide bonds. The highest BCUT2D eigenvalue weighted by molar-refractivity contribution is 5.86. The van der Waals surface area contributed by atoms with Gasteiger partial charge < -0.3 is 25.0 Å². The van der Waals surface area contributed by atoms with Crippen LogP contribution in [-0.2, 0) is 4.79 Å². The molecule has 1 aromatic heterocycles. The maximum atomic E-state index is 12.9. The Morgan fingerprint density at radius 2 is 1.79 bits per heavy atom. The maximum Gasteiger partial charge on any atom is 0.354 e. The number of aromatic nitrogens is 1. The minimum atomic E-state index is -2.70. The second-order valence-corrected chi connectivity index (χ2v) is 10.9. The van der Waals surface area contributed by atoms with E-state index in [1.165, 1.54) is 68.4 Å². The van der Waals surface area contributed by atoms with E-state index in [9.17, 15) is 18.4 Å². The van der Waals surface area contributed by atoms with E-state index in [1.807, 2.05) is 11.9 Å². The van der Waals surface area contributed by atoms with Gasteiger partial charge in [-0.1, -0.05) is 51.9 Å². The smallest absolute Gasteiger partial charge is 0.354 e. The summed E-state index contributed by atoms with van der Waals surface area (Å²) in [5.41, 5.74) is 0.286. The van der Waals surface area contributed by atoms with E-state index in [0.29, 0.717) is 30.7 Å². The van der Waals surface area contributed by atoms with Crippen LogP contribution in [0.5, 0.6) is 5.88 Å². The molecule has 1 atom stereocenters. The SMILES string of the molecule is CCCCCCCCCCNC1CC(=O)N(C)C1.O=C(O)c1ccc(N2CC(F)(F)C2)c(OCC2CC2)n1. The van der Waals surface area contributed by atoms with Gasteiger partial charge >= 0.3 is 5.97 Å². The fraction of sp³-hybridized carbons (Fsp3) is 0.750. The van der Waals surface area contributed by atoms with Gasteiger partial charge in [-0.15, -0.1) is 0 Å². The molecule has 1 aromatic rings. The Bertz CT molecular complexity index is 905. The van der Waals surface area contributed by atoms with Crippen molar-refractivity contribution in [2.75, 3.05) is 44.7 Å². The molecule has 0 spiro atoms. The van der Waals surface area contributed by atoms with Crippen LogP contribution in [0.4, 0.5) is 14.5 Å². The first kappa shape index (κ1) is 30.1. The summed E-state index contributed by atoms with van der Waals surface area (Å²) in [5.74, 6) is -2.98. The monoisotopic (exact) mass is 538 g/mol. The lowest BCUT2D eigenvalue weighted by Gasteiger charge is -2.40. The van der Waals surface area contributed by atoms with Gasteiger partial charge in [-0.25, -0.2) is 18.6 Å². The van der Waals surface area contributed by atoms with Crippen molar-refractivity contribution < 1.29 is 28.2 Å². The molecule has 2 N–H and O–H groups in total. The number of nitrogens with one attached hydrogen (secondary N) is 1. The summed E-state index contributed by atoms with van der Waals surface area (Å²) >= 11 is 0. The number of pyridine rings is 1. The summed E-state index contributed by atoms with van der Waals surface area (Å²) in [7, 11) is 1.89. The number of hydrogen-bond donors (Lipinski definition) is 2. The van der Waals surface area contributed by atoms with E-state index in [4.69, 9.17) is 9.84 Å².